The van der Waals surface area contributed by atoms with Crippen molar-refractivity contribution in [3.8, 4) is 5.75 Å². The quantitative estimate of drug-likeness (QED) is 0.643. The van der Waals surface area contributed by atoms with Crippen LogP contribution in [-0.4, -0.2) is 23.9 Å². The fraction of sp³-hybridized carbons (Fsp3) is 0.400. The number of aliphatic hydroxyl groups excluding tert-OH is 2. The highest BCUT2D eigenvalue weighted by Crippen LogP contribution is 2.24. The molecular formula is C10H15NO3. The third kappa shape index (κ3) is 2.23. The molecule has 0 bridgehead atoms. The first-order valence-electron chi connectivity index (χ1n) is 4.37. The second kappa shape index (κ2) is 4.95. The maximum Gasteiger partial charge on any atom is 0.123 e. The summed E-state index contributed by atoms with van der Waals surface area (Å²) in [6.45, 7) is -0.194. The molecule has 0 aliphatic carbocycles. The van der Waals surface area contributed by atoms with Crippen molar-refractivity contribution < 1.29 is 14.9 Å². The zero-order chi connectivity index (χ0) is 10.6. The normalized spacial score (nSPS) is 12.6. The van der Waals surface area contributed by atoms with E-state index in [1.165, 1.54) is 0 Å². The number of hydrogen-bond donors (Lipinski definition) is 3. The number of aliphatic hydroxyl groups is 2. The first-order valence-corrected chi connectivity index (χ1v) is 4.37. The molecule has 4 nitrogen and oxygen atoms in total. The van der Waals surface area contributed by atoms with Gasteiger partial charge in [-0.3, -0.25) is 0 Å². The van der Waals surface area contributed by atoms with Crippen molar-refractivity contribution in [2.45, 2.75) is 12.6 Å². The average molecular weight is 197 g/mol. The second-order valence-electron chi connectivity index (χ2n) is 3.02. The topological polar surface area (TPSA) is 75.7 Å². The molecule has 0 fully saturated rings. The molecule has 0 aromatic heterocycles. The third-order valence-electron chi connectivity index (χ3n) is 2.07. The molecule has 4 heteroatoms. The van der Waals surface area contributed by atoms with E-state index in [-0.39, 0.29) is 13.2 Å². The summed E-state index contributed by atoms with van der Waals surface area (Å²) in [7, 11) is 1.54. The van der Waals surface area contributed by atoms with E-state index in [4.69, 9.17) is 20.7 Å². The smallest absolute Gasteiger partial charge is 0.123 e. The number of ether oxygens (including phenoxy) is 1. The van der Waals surface area contributed by atoms with Crippen LogP contribution in [0, 0.1) is 0 Å². The van der Waals surface area contributed by atoms with Crippen molar-refractivity contribution in [3.05, 3.63) is 29.3 Å². The molecule has 0 saturated heterocycles. The molecule has 0 aliphatic rings. The number of benzene rings is 1. The van der Waals surface area contributed by atoms with Gasteiger partial charge in [0.15, 0.2) is 0 Å². The minimum Gasteiger partial charge on any atom is -0.496 e. The maximum absolute atomic E-state index is 8.94. The summed E-state index contributed by atoms with van der Waals surface area (Å²) in [4.78, 5) is 0. The van der Waals surface area contributed by atoms with Gasteiger partial charge in [0.1, 0.15) is 5.75 Å². The van der Waals surface area contributed by atoms with Gasteiger partial charge in [-0.2, -0.15) is 0 Å². The minimum absolute atomic E-state index is 0.0465. The molecule has 1 rings (SSSR count). The number of hydrogen-bond acceptors (Lipinski definition) is 4. The predicted octanol–water partition coefficient (Wildman–Crippen LogP) is 0.180. The summed E-state index contributed by atoms with van der Waals surface area (Å²) in [5.41, 5.74) is 7.15. The monoisotopic (exact) mass is 197 g/mol. The Kier molecular flexibility index (Phi) is 3.88. The minimum atomic E-state index is -0.476. The molecule has 14 heavy (non-hydrogen) atoms. The standard InChI is InChI=1S/C10H15NO3/c1-14-10-3-2-7(5-12)4-8(10)9(11)6-13/h2-4,9,12-13H,5-6,11H2,1H3/t9-/m0/s1. The second-order valence-corrected chi connectivity index (χ2v) is 3.02. The molecule has 0 saturated carbocycles. The lowest BCUT2D eigenvalue weighted by Gasteiger charge is -2.14. The molecule has 0 radical (unpaired) electrons. The first kappa shape index (κ1) is 11.0. The van der Waals surface area contributed by atoms with Crippen LogP contribution in [0.15, 0.2) is 18.2 Å². The molecule has 1 atom stereocenters. The Morgan fingerprint density at radius 3 is 2.64 bits per heavy atom. The van der Waals surface area contributed by atoms with Crippen LogP contribution in [0.4, 0.5) is 0 Å². The zero-order valence-electron chi connectivity index (χ0n) is 8.10. The van der Waals surface area contributed by atoms with Crippen molar-refractivity contribution in [1.82, 2.24) is 0 Å². The summed E-state index contributed by atoms with van der Waals surface area (Å²) < 4.78 is 5.10. The molecular weight excluding hydrogens is 182 g/mol. The van der Waals surface area contributed by atoms with E-state index in [1.807, 2.05) is 0 Å². The van der Waals surface area contributed by atoms with E-state index in [2.05, 4.69) is 0 Å². The highest BCUT2D eigenvalue weighted by atomic mass is 16.5. The molecule has 4 N–H and O–H groups in total. The van der Waals surface area contributed by atoms with Crippen molar-refractivity contribution >= 4 is 0 Å². The Bertz CT molecular complexity index is 301. The van der Waals surface area contributed by atoms with Gasteiger partial charge >= 0.3 is 0 Å². The van der Waals surface area contributed by atoms with Gasteiger partial charge in [-0.05, 0) is 17.7 Å². The van der Waals surface area contributed by atoms with Gasteiger partial charge in [-0.1, -0.05) is 6.07 Å². The van der Waals surface area contributed by atoms with Gasteiger partial charge in [0, 0.05) is 5.56 Å². The lowest BCUT2D eigenvalue weighted by Crippen LogP contribution is -2.15. The molecule has 0 aliphatic heterocycles. The molecule has 0 heterocycles. The summed E-state index contributed by atoms with van der Waals surface area (Å²) in [5.74, 6) is 0.628. The van der Waals surface area contributed by atoms with E-state index in [0.29, 0.717) is 11.3 Å². The summed E-state index contributed by atoms with van der Waals surface area (Å²) >= 11 is 0. The highest BCUT2D eigenvalue weighted by molar-refractivity contribution is 5.39. The summed E-state index contributed by atoms with van der Waals surface area (Å²) in [6, 6.07) is 4.75. The van der Waals surface area contributed by atoms with E-state index >= 15 is 0 Å². The van der Waals surface area contributed by atoms with Gasteiger partial charge < -0.3 is 20.7 Å². The fourth-order valence-electron chi connectivity index (χ4n) is 1.27. The number of methoxy groups -OCH3 is 1. The van der Waals surface area contributed by atoms with Crippen LogP contribution in [0.2, 0.25) is 0 Å². The highest BCUT2D eigenvalue weighted by Gasteiger charge is 2.11. The summed E-state index contributed by atoms with van der Waals surface area (Å²) in [5, 5.41) is 17.9. The van der Waals surface area contributed by atoms with E-state index in [9.17, 15) is 0 Å². The van der Waals surface area contributed by atoms with Gasteiger partial charge in [0.2, 0.25) is 0 Å². The Labute approximate surface area is 82.9 Å². The molecule has 1 aromatic rings. The van der Waals surface area contributed by atoms with Crippen molar-refractivity contribution in [1.29, 1.82) is 0 Å². The molecule has 1 aromatic carbocycles. The van der Waals surface area contributed by atoms with Crippen LogP contribution in [-0.2, 0) is 6.61 Å². The Hall–Kier alpha value is -1.10. The number of nitrogens with two attached hydrogens (primary N) is 1. The van der Waals surface area contributed by atoms with Crippen LogP contribution >= 0.6 is 0 Å². The van der Waals surface area contributed by atoms with Crippen LogP contribution in [0.3, 0.4) is 0 Å². The molecule has 78 valence electrons. The van der Waals surface area contributed by atoms with Crippen LogP contribution in [0.1, 0.15) is 17.2 Å². The number of rotatable bonds is 4. The van der Waals surface area contributed by atoms with Gasteiger partial charge in [0.25, 0.3) is 0 Å². The van der Waals surface area contributed by atoms with Crippen molar-refractivity contribution in [2.75, 3.05) is 13.7 Å². The SMILES string of the molecule is COc1ccc(CO)cc1[C@@H](N)CO. The molecule has 0 unspecified atom stereocenters. The Morgan fingerprint density at radius 2 is 2.14 bits per heavy atom. The van der Waals surface area contributed by atoms with Crippen molar-refractivity contribution in [3.63, 3.8) is 0 Å². The van der Waals surface area contributed by atoms with Crippen LogP contribution in [0.5, 0.6) is 5.75 Å². The van der Waals surface area contributed by atoms with E-state index in [0.717, 1.165) is 5.56 Å². The van der Waals surface area contributed by atoms with Gasteiger partial charge in [-0.15, -0.1) is 0 Å². The average Bonchev–Trinajstić information content (AvgIpc) is 2.27. The first-order chi connectivity index (χ1) is 6.72. The molecule has 0 spiro atoms. The van der Waals surface area contributed by atoms with Gasteiger partial charge in [-0.25, -0.2) is 0 Å². The third-order valence-corrected chi connectivity index (χ3v) is 2.07. The predicted molar refractivity (Wildman–Crippen MR) is 52.9 cm³/mol. The van der Waals surface area contributed by atoms with E-state index in [1.54, 1.807) is 25.3 Å². The van der Waals surface area contributed by atoms with Crippen molar-refractivity contribution in [2.24, 2.45) is 5.73 Å². The van der Waals surface area contributed by atoms with Gasteiger partial charge in [0.05, 0.1) is 26.4 Å². The largest absolute Gasteiger partial charge is 0.496 e. The Morgan fingerprint density at radius 1 is 1.43 bits per heavy atom. The van der Waals surface area contributed by atoms with E-state index < -0.39 is 6.04 Å². The lowest BCUT2D eigenvalue weighted by atomic mass is 10.0. The zero-order valence-corrected chi connectivity index (χ0v) is 8.10. The maximum atomic E-state index is 8.94. The van der Waals surface area contributed by atoms with Crippen LogP contribution in [0.25, 0.3) is 0 Å². The van der Waals surface area contributed by atoms with Crippen LogP contribution < -0.4 is 10.5 Å². The Balaban J connectivity index is 3.08. The fourth-order valence-corrected chi connectivity index (χ4v) is 1.27. The molecule has 0 amide bonds. The summed E-state index contributed by atoms with van der Waals surface area (Å²) in [6.07, 6.45) is 0. The lowest BCUT2D eigenvalue weighted by molar-refractivity contribution is 0.263.